The van der Waals surface area contributed by atoms with E-state index in [2.05, 4.69) is 24.4 Å². The van der Waals surface area contributed by atoms with E-state index in [-0.39, 0.29) is 18.1 Å². The van der Waals surface area contributed by atoms with Crippen molar-refractivity contribution in [3.05, 3.63) is 35.9 Å². The quantitative estimate of drug-likeness (QED) is 0.860. The van der Waals surface area contributed by atoms with Gasteiger partial charge in [0.25, 0.3) is 0 Å². The Balaban J connectivity index is 2.32. The minimum Gasteiger partial charge on any atom is -0.469 e. The zero-order chi connectivity index (χ0) is 18.1. The molecule has 1 aliphatic rings. The van der Waals surface area contributed by atoms with Gasteiger partial charge >= 0.3 is 5.97 Å². The summed E-state index contributed by atoms with van der Waals surface area (Å²) < 4.78 is 5.01. The number of hydrogen-bond acceptors (Lipinski definition) is 4. The van der Waals surface area contributed by atoms with Crippen molar-refractivity contribution >= 4 is 5.97 Å². The highest BCUT2D eigenvalue weighted by atomic mass is 16.5. The molecule has 24 heavy (non-hydrogen) atoms. The van der Waals surface area contributed by atoms with Gasteiger partial charge in [0.2, 0.25) is 0 Å². The average Bonchev–Trinajstić information content (AvgIpc) is 2.53. The molecule has 0 unspecified atom stereocenters. The van der Waals surface area contributed by atoms with E-state index in [9.17, 15) is 10.0 Å². The molecule has 0 aliphatic carbocycles. The Kier molecular flexibility index (Phi) is 5.37. The largest absolute Gasteiger partial charge is 0.469 e. The standard InChI is InChI=1S/C19H29N2O3/c1-13(14-10-8-7-9-11-14)20-15-12-18(2,3)21(23)19(4,5)16(15)17(22)24-6/h7-11,13,15-16,20H,12H2,1-6H3/t13-,15+,16+/m1/s1. The summed E-state index contributed by atoms with van der Waals surface area (Å²) in [5, 5.41) is 17.4. The maximum Gasteiger partial charge on any atom is 0.312 e. The van der Waals surface area contributed by atoms with Gasteiger partial charge in [0, 0.05) is 17.6 Å². The van der Waals surface area contributed by atoms with Gasteiger partial charge in [-0.15, -0.1) is 10.3 Å². The number of ether oxygens (including phenoxy) is 1. The number of nitrogens with zero attached hydrogens (tertiary/aromatic N) is 1. The molecule has 0 amide bonds. The van der Waals surface area contributed by atoms with E-state index >= 15 is 0 Å². The zero-order valence-corrected chi connectivity index (χ0v) is 15.5. The fourth-order valence-corrected chi connectivity index (χ4v) is 4.03. The number of methoxy groups -OCH3 is 1. The van der Waals surface area contributed by atoms with Crippen LogP contribution in [0.15, 0.2) is 30.3 Å². The van der Waals surface area contributed by atoms with Crippen LogP contribution in [0.3, 0.4) is 0 Å². The number of carbonyl (C=O) groups excluding carboxylic acids is 1. The van der Waals surface area contributed by atoms with Crippen LogP contribution in [0.5, 0.6) is 0 Å². The van der Waals surface area contributed by atoms with E-state index < -0.39 is 17.0 Å². The predicted octanol–water partition coefficient (Wildman–Crippen LogP) is 3.10. The van der Waals surface area contributed by atoms with Gasteiger partial charge in [-0.1, -0.05) is 30.3 Å². The zero-order valence-electron chi connectivity index (χ0n) is 15.5. The van der Waals surface area contributed by atoms with Crippen molar-refractivity contribution in [1.29, 1.82) is 0 Å². The van der Waals surface area contributed by atoms with E-state index in [1.807, 2.05) is 45.9 Å². The summed E-state index contributed by atoms with van der Waals surface area (Å²) in [4.78, 5) is 12.4. The topological polar surface area (TPSA) is 61.5 Å². The van der Waals surface area contributed by atoms with E-state index in [1.54, 1.807) is 0 Å². The molecule has 1 fully saturated rings. The molecule has 3 atom stereocenters. The smallest absolute Gasteiger partial charge is 0.312 e. The Labute approximate surface area is 145 Å². The van der Waals surface area contributed by atoms with Gasteiger partial charge in [0.1, 0.15) is 0 Å². The van der Waals surface area contributed by atoms with Crippen LogP contribution in [0.25, 0.3) is 0 Å². The molecule has 1 saturated heterocycles. The summed E-state index contributed by atoms with van der Waals surface area (Å²) in [5.41, 5.74) is -0.244. The second-order valence-electron chi connectivity index (χ2n) is 7.87. The van der Waals surface area contributed by atoms with Crippen molar-refractivity contribution in [2.24, 2.45) is 5.92 Å². The van der Waals surface area contributed by atoms with Gasteiger partial charge in [-0.3, -0.25) is 4.79 Å². The highest BCUT2D eigenvalue weighted by Crippen LogP contribution is 2.42. The molecule has 0 aromatic heterocycles. The van der Waals surface area contributed by atoms with Gasteiger partial charge in [-0.2, -0.15) is 0 Å². The maximum atomic E-state index is 12.8. The Morgan fingerprint density at radius 2 is 1.83 bits per heavy atom. The average molecular weight is 333 g/mol. The summed E-state index contributed by atoms with van der Waals surface area (Å²) in [6.07, 6.45) is 0.580. The summed E-state index contributed by atoms with van der Waals surface area (Å²) in [6.45, 7) is 9.58. The molecular formula is C19H29N2O3. The molecule has 133 valence electrons. The van der Waals surface area contributed by atoms with Crippen LogP contribution in [0.4, 0.5) is 0 Å². The summed E-state index contributed by atoms with van der Waals surface area (Å²) in [5.74, 6) is -0.867. The first kappa shape index (κ1) is 18.9. The van der Waals surface area contributed by atoms with Crippen molar-refractivity contribution in [2.75, 3.05) is 7.11 Å². The van der Waals surface area contributed by atoms with Crippen molar-refractivity contribution in [1.82, 2.24) is 10.4 Å². The van der Waals surface area contributed by atoms with Crippen LogP contribution in [0.1, 0.15) is 52.6 Å². The molecule has 1 aromatic carbocycles. The monoisotopic (exact) mass is 333 g/mol. The van der Waals surface area contributed by atoms with Crippen LogP contribution >= 0.6 is 0 Å². The van der Waals surface area contributed by atoms with Crippen molar-refractivity contribution < 1.29 is 14.7 Å². The SMILES string of the molecule is COC(=O)[C@@H]1[C@@H](N[C@H](C)c2ccccc2)CC(C)(C)N([O])C1(C)C. The van der Waals surface area contributed by atoms with Crippen LogP contribution < -0.4 is 5.32 Å². The minimum atomic E-state index is -0.844. The highest BCUT2D eigenvalue weighted by Gasteiger charge is 2.56. The molecular weight excluding hydrogens is 304 g/mol. The Morgan fingerprint density at radius 1 is 1.25 bits per heavy atom. The van der Waals surface area contributed by atoms with E-state index in [0.717, 1.165) is 10.6 Å². The number of nitrogens with one attached hydrogen (secondary N) is 1. The number of hydroxylamine groups is 2. The van der Waals surface area contributed by atoms with Gasteiger partial charge in [0.05, 0.1) is 18.6 Å². The Bertz CT molecular complexity index is 571. The molecule has 1 aromatic rings. The maximum absolute atomic E-state index is 12.8. The van der Waals surface area contributed by atoms with Crippen molar-refractivity contribution in [2.45, 2.75) is 64.2 Å². The third-order valence-electron chi connectivity index (χ3n) is 5.17. The third-order valence-corrected chi connectivity index (χ3v) is 5.17. The predicted molar refractivity (Wildman–Crippen MR) is 92.6 cm³/mol. The molecule has 2 rings (SSSR count). The lowest BCUT2D eigenvalue weighted by Gasteiger charge is -2.54. The normalized spacial score (nSPS) is 27.5. The lowest BCUT2D eigenvalue weighted by atomic mass is 9.70. The van der Waals surface area contributed by atoms with Gasteiger partial charge < -0.3 is 10.1 Å². The van der Waals surface area contributed by atoms with Crippen LogP contribution in [-0.2, 0) is 14.7 Å². The number of rotatable bonds is 4. The second-order valence-corrected chi connectivity index (χ2v) is 7.87. The van der Waals surface area contributed by atoms with Gasteiger partial charge in [0.15, 0.2) is 0 Å². The lowest BCUT2D eigenvalue weighted by Crippen LogP contribution is -2.69. The Hall–Kier alpha value is -1.43. The molecule has 1 radical (unpaired) electrons. The third kappa shape index (κ3) is 3.48. The number of carbonyl (C=O) groups is 1. The second kappa shape index (κ2) is 6.82. The van der Waals surface area contributed by atoms with E-state index in [1.165, 1.54) is 7.11 Å². The van der Waals surface area contributed by atoms with E-state index in [0.29, 0.717) is 6.42 Å². The first-order chi connectivity index (χ1) is 11.1. The van der Waals surface area contributed by atoms with Gasteiger partial charge in [-0.25, -0.2) is 0 Å². The fraction of sp³-hybridized carbons (Fsp3) is 0.632. The Morgan fingerprint density at radius 3 is 2.38 bits per heavy atom. The number of benzene rings is 1. The highest BCUT2D eigenvalue weighted by molar-refractivity contribution is 5.75. The number of esters is 1. The molecule has 1 N–H and O–H groups in total. The molecule has 5 nitrogen and oxygen atoms in total. The summed E-state index contributed by atoms with van der Waals surface area (Å²) >= 11 is 0. The number of hydrogen-bond donors (Lipinski definition) is 1. The van der Waals surface area contributed by atoms with Crippen LogP contribution in [-0.4, -0.2) is 35.3 Å². The minimum absolute atomic E-state index is 0.0770. The molecule has 1 heterocycles. The van der Waals surface area contributed by atoms with E-state index in [4.69, 9.17) is 4.74 Å². The van der Waals surface area contributed by atoms with Crippen LogP contribution in [0, 0.1) is 5.92 Å². The summed E-state index contributed by atoms with van der Waals surface area (Å²) in [6, 6.07) is 10.0. The van der Waals surface area contributed by atoms with Crippen molar-refractivity contribution in [3.63, 3.8) is 0 Å². The summed E-state index contributed by atoms with van der Waals surface area (Å²) in [7, 11) is 1.38. The molecule has 1 aliphatic heterocycles. The molecule has 5 heteroatoms. The number of piperidine rings is 1. The molecule has 0 spiro atoms. The first-order valence-corrected chi connectivity index (χ1v) is 8.47. The molecule has 0 saturated carbocycles. The lowest BCUT2D eigenvalue weighted by molar-refractivity contribution is -0.304. The van der Waals surface area contributed by atoms with Crippen molar-refractivity contribution in [3.8, 4) is 0 Å². The fourth-order valence-electron chi connectivity index (χ4n) is 4.03. The van der Waals surface area contributed by atoms with Crippen LogP contribution in [0.2, 0.25) is 0 Å². The molecule has 0 bridgehead atoms. The first-order valence-electron chi connectivity index (χ1n) is 8.47. The van der Waals surface area contributed by atoms with Gasteiger partial charge in [-0.05, 0) is 46.6 Å².